The van der Waals surface area contributed by atoms with Gasteiger partial charge in [0.25, 0.3) is 5.91 Å². The minimum atomic E-state index is -1.53. The molecule has 0 bridgehead atoms. The van der Waals surface area contributed by atoms with Crippen LogP contribution in [0.1, 0.15) is 56.7 Å². The second kappa shape index (κ2) is 12.5. The van der Waals surface area contributed by atoms with Crippen LogP contribution in [0.15, 0.2) is 42.5 Å². The summed E-state index contributed by atoms with van der Waals surface area (Å²) in [5.74, 6) is -1.85. The topological polar surface area (TPSA) is 146 Å². The highest BCUT2D eigenvalue weighted by Crippen LogP contribution is 2.46. The number of halogens is 1. The van der Waals surface area contributed by atoms with Crippen LogP contribution in [-0.2, 0) is 42.4 Å². The van der Waals surface area contributed by atoms with Gasteiger partial charge in [-0.2, -0.15) is 0 Å². The standard InChI is InChI=1S/C32H38FN5O7/c1-31(2,3)44-27(40)16-35-23-14-24(15-23)37(17-19-5-7-21(33)8-6-19)26(39)18-38-28(41)32(45-30(38)43)12-11-20-13-22(9-10-25(20)32)36-29(42)34-4/h5-10,13,23-24,35H,11-12,14-18H2,1-4H3,(H2,34,36,42)/t23?,24?,32-/m1/s1. The maximum absolute atomic E-state index is 13.8. The SMILES string of the molecule is CNC(=O)Nc1ccc2c(c1)CC[C@@]21OC(=O)N(CC(=O)N(Cc2ccc(F)cc2)C2CC(NCC(=O)OC(C)(C)C)C2)C1=O. The van der Waals surface area contributed by atoms with Crippen molar-refractivity contribution in [1.82, 2.24) is 20.4 Å². The third-order valence-corrected chi connectivity index (χ3v) is 8.23. The Kier molecular flexibility index (Phi) is 8.83. The van der Waals surface area contributed by atoms with Gasteiger partial charge in [-0.05, 0) is 75.4 Å². The summed E-state index contributed by atoms with van der Waals surface area (Å²) in [6, 6.07) is 10.1. The summed E-state index contributed by atoms with van der Waals surface area (Å²) in [5.41, 5.74) is 0.374. The van der Waals surface area contributed by atoms with Crippen LogP contribution in [0.25, 0.3) is 0 Å². The van der Waals surface area contributed by atoms with Gasteiger partial charge in [-0.15, -0.1) is 0 Å². The predicted molar refractivity (Wildman–Crippen MR) is 160 cm³/mol. The molecule has 3 aliphatic rings. The number of ether oxygens (including phenoxy) is 2. The summed E-state index contributed by atoms with van der Waals surface area (Å²) in [6.45, 7) is 5.04. The van der Waals surface area contributed by atoms with Gasteiger partial charge in [-0.25, -0.2) is 18.9 Å². The van der Waals surface area contributed by atoms with Gasteiger partial charge < -0.3 is 30.3 Å². The Morgan fingerprint density at radius 2 is 1.82 bits per heavy atom. The average molecular weight is 624 g/mol. The normalized spacial score (nSPS) is 22.0. The molecule has 2 aromatic rings. The van der Waals surface area contributed by atoms with E-state index >= 15 is 0 Å². The zero-order chi connectivity index (χ0) is 32.5. The van der Waals surface area contributed by atoms with Crippen molar-refractivity contribution in [3.05, 3.63) is 65.0 Å². The van der Waals surface area contributed by atoms with Gasteiger partial charge in [-0.1, -0.05) is 18.2 Å². The highest BCUT2D eigenvalue weighted by Gasteiger charge is 2.58. The Morgan fingerprint density at radius 1 is 1.11 bits per heavy atom. The summed E-state index contributed by atoms with van der Waals surface area (Å²) >= 11 is 0. The average Bonchev–Trinajstić information content (AvgIpc) is 3.43. The van der Waals surface area contributed by atoms with E-state index in [1.165, 1.54) is 19.2 Å². The number of imide groups is 1. The Labute approximate surface area is 260 Å². The fraction of sp³-hybridized carbons (Fsp3) is 0.469. The molecule has 1 saturated heterocycles. The van der Waals surface area contributed by atoms with E-state index in [2.05, 4.69) is 16.0 Å². The fourth-order valence-electron chi connectivity index (χ4n) is 5.97. The molecule has 5 rings (SSSR count). The first-order chi connectivity index (χ1) is 21.3. The number of fused-ring (bicyclic) bond motifs is 2. The zero-order valence-corrected chi connectivity index (χ0v) is 25.8. The molecule has 2 aromatic carbocycles. The van der Waals surface area contributed by atoms with Gasteiger partial charge >= 0.3 is 18.1 Å². The quantitative estimate of drug-likeness (QED) is 0.361. The number of urea groups is 1. The molecule has 45 heavy (non-hydrogen) atoms. The molecule has 0 aromatic heterocycles. The van der Waals surface area contributed by atoms with Crippen LogP contribution in [0.4, 0.5) is 19.7 Å². The van der Waals surface area contributed by atoms with Gasteiger partial charge in [0.2, 0.25) is 11.5 Å². The van der Waals surface area contributed by atoms with Gasteiger partial charge in [0, 0.05) is 43.3 Å². The van der Waals surface area contributed by atoms with Crippen LogP contribution in [0.3, 0.4) is 0 Å². The highest BCUT2D eigenvalue weighted by molar-refractivity contribution is 6.06. The van der Waals surface area contributed by atoms with Crippen LogP contribution >= 0.6 is 0 Å². The molecular formula is C32H38FN5O7. The first-order valence-corrected chi connectivity index (χ1v) is 14.9. The molecule has 12 nitrogen and oxygen atoms in total. The second-order valence-electron chi connectivity index (χ2n) is 12.6. The minimum absolute atomic E-state index is 0.0294. The number of hydrogen-bond donors (Lipinski definition) is 3. The minimum Gasteiger partial charge on any atom is -0.459 e. The lowest BCUT2D eigenvalue weighted by Gasteiger charge is -2.43. The molecule has 3 N–H and O–H groups in total. The molecule has 2 fully saturated rings. The van der Waals surface area contributed by atoms with Crippen molar-refractivity contribution in [2.75, 3.05) is 25.5 Å². The molecule has 1 spiro atoms. The summed E-state index contributed by atoms with van der Waals surface area (Å²) in [7, 11) is 1.50. The van der Waals surface area contributed by atoms with Gasteiger partial charge in [0.1, 0.15) is 18.0 Å². The number of anilines is 1. The number of hydrogen-bond acceptors (Lipinski definition) is 8. The molecule has 0 radical (unpaired) electrons. The maximum Gasteiger partial charge on any atom is 0.418 e. The summed E-state index contributed by atoms with van der Waals surface area (Å²) < 4.78 is 24.6. The van der Waals surface area contributed by atoms with E-state index in [1.54, 1.807) is 56.0 Å². The number of nitrogens with one attached hydrogen (secondary N) is 3. The lowest BCUT2D eigenvalue weighted by atomic mass is 9.85. The van der Waals surface area contributed by atoms with Crippen LogP contribution in [0.2, 0.25) is 0 Å². The third-order valence-electron chi connectivity index (χ3n) is 8.23. The Balaban J connectivity index is 1.27. The number of amides is 5. The van der Waals surface area contributed by atoms with E-state index in [0.29, 0.717) is 36.1 Å². The van der Waals surface area contributed by atoms with Crippen LogP contribution in [0, 0.1) is 5.82 Å². The van der Waals surface area contributed by atoms with E-state index in [0.717, 1.165) is 10.5 Å². The van der Waals surface area contributed by atoms with Crippen molar-refractivity contribution in [3.8, 4) is 0 Å². The third kappa shape index (κ3) is 6.93. The van der Waals surface area contributed by atoms with E-state index in [4.69, 9.17) is 9.47 Å². The van der Waals surface area contributed by atoms with E-state index in [1.807, 2.05) is 0 Å². The molecule has 1 aliphatic heterocycles. The lowest BCUT2D eigenvalue weighted by molar-refractivity contribution is -0.154. The van der Waals surface area contributed by atoms with Crippen molar-refractivity contribution in [2.24, 2.45) is 0 Å². The first-order valence-electron chi connectivity index (χ1n) is 14.9. The zero-order valence-electron chi connectivity index (χ0n) is 25.8. The van der Waals surface area contributed by atoms with E-state index < -0.39 is 47.5 Å². The summed E-state index contributed by atoms with van der Waals surface area (Å²) in [4.78, 5) is 66.9. The van der Waals surface area contributed by atoms with Crippen LogP contribution in [0.5, 0.6) is 0 Å². The van der Waals surface area contributed by atoms with Crippen molar-refractivity contribution in [2.45, 2.75) is 76.3 Å². The smallest absolute Gasteiger partial charge is 0.418 e. The van der Waals surface area contributed by atoms with E-state index in [9.17, 15) is 28.4 Å². The van der Waals surface area contributed by atoms with Crippen LogP contribution in [-0.4, -0.2) is 77.5 Å². The fourth-order valence-corrected chi connectivity index (χ4v) is 5.97. The van der Waals surface area contributed by atoms with Crippen molar-refractivity contribution in [1.29, 1.82) is 0 Å². The molecule has 240 valence electrons. The van der Waals surface area contributed by atoms with Crippen molar-refractivity contribution in [3.63, 3.8) is 0 Å². The Hall–Kier alpha value is -4.52. The molecule has 13 heteroatoms. The van der Waals surface area contributed by atoms with Gasteiger partial charge in [0.05, 0.1) is 6.54 Å². The highest BCUT2D eigenvalue weighted by atomic mass is 19.1. The molecule has 1 heterocycles. The number of aryl methyl sites for hydroxylation is 1. The van der Waals surface area contributed by atoms with Gasteiger partial charge in [-0.3, -0.25) is 14.4 Å². The first kappa shape index (κ1) is 31.9. The number of carbonyl (C=O) groups is 5. The number of esters is 1. The molecule has 0 unspecified atom stereocenters. The van der Waals surface area contributed by atoms with Gasteiger partial charge in [0.15, 0.2) is 0 Å². The molecular weight excluding hydrogens is 585 g/mol. The van der Waals surface area contributed by atoms with Crippen LogP contribution < -0.4 is 16.0 Å². The number of rotatable bonds is 9. The Morgan fingerprint density at radius 3 is 2.49 bits per heavy atom. The molecule has 1 atom stereocenters. The number of carbonyl (C=O) groups excluding carboxylic acids is 5. The largest absolute Gasteiger partial charge is 0.459 e. The molecule has 5 amide bonds. The number of benzene rings is 2. The summed E-state index contributed by atoms with van der Waals surface area (Å²) in [5, 5.41) is 8.32. The molecule has 2 aliphatic carbocycles. The second-order valence-corrected chi connectivity index (χ2v) is 12.6. The lowest BCUT2D eigenvalue weighted by Crippen LogP contribution is -2.56. The number of nitrogens with zero attached hydrogens (tertiary/aromatic N) is 2. The summed E-state index contributed by atoms with van der Waals surface area (Å²) in [6.07, 6.45) is 0.834. The Bertz CT molecular complexity index is 1500. The van der Waals surface area contributed by atoms with E-state index in [-0.39, 0.29) is 37.6 Å². The van der Waals surface area contributed by atoms with Crippen molar-refractivity contribution >= 4 is 35.6 Å². The monoisotopic (exact) mass is 623 g/mol. The predicted octanol–water partition coefficient (Wildman–Crippen LogP) is 3.19. The van der Waals surface area contributed by atoms with Crippen molar-refractivity contribution < 1.29 is 37.8 Å². The maximum atomic E-state index is 13.8. The molecule has 1 saturated carbocycles.